The normalized spacial score (nSPS) is 17.9. The number of hydrogen-bond donors (Lipinski definition) is 2. The van der Waals surface area contributed by atoms with E-state index in [1.807, 2.05) is 18.2 Å². The number of nitrogens with two attached hydrogens (primary N) is 1. The number of nitrogens with zero attached hydrogens (tertiary/aromatic N) is 2. The fraction of sp³-hybridized carbons (Fsp3) is 0.133. The summed E-state index contributed by atoms with van der Waals surface area (Å²) in [5.41, 5.74) is 7.34. The van der Waals surface area contributed by atoms with E-state index in [9.17, 15) is 9.50 Å². The van der Waals surface area contributed by atoms with Crippen molar-refractivity contribution in [1.29, 1.82) is 0 Å². The van der Waals surface area contributed by atoms with Crippen LogP contribution >= 0.6 is 11.6 Å². The standard InChI is InChI=1S/C15H13ClFN3O/c16-10-3-1-2-4-12(10)20-13(8-19-15(20)18)9-5-6-14(21)11(17)7-9/h1-7,13,21H,8H2,(H2,18,19). The summed E-state index contributed by atoms with van der Waals surface area (Å²) in [6.07, 6.45) is 0. The second-order valence-electron chi connectivity index (χ2n) is 4.75. The van der Waals surface area contributed by atoms with Crippen molar-refractivity contribution < 1.29 is 9.50 Å². The number of phenols is 1. The van der Waals surface area contributed by atoms with Crippen molar-refractivity contribution >= 4 is 23.2 Å². The Morgan fingerprint density at radius 1 is 1.29 bits per heavy atom. The van der Waals surface area contributed by atoms with E-state index in [-0.39, 0.29) is 11.8 Å². The zero-order valence-electron chi connectivity index (χ0n) is 11.0. The van der Waals surface area contributed by atoms with Crippen LogP contribution < -0.4 is 10.6 Å². The number of rotatable bonds is 2. The molecule has 0 fully saturated rings. The van der Waals surface area contributed by atoms with Gasteiger partial charge in [-0.25, -0.2) is 4.39 Å². The van der Waals surface area contributed by atoms with Crippen LogP contribution in [0.3, 0.4) is 0 Å². The minimum absolute atomic E-state index is 0.250. The first kappa shape index (κ1) is 13.7. The lowest BCUT2D eigenvalue weighted by atomic mass is 10.1. The summed E-state index contributed by atoms with van der Waals surface area (Å²) in [4.78, 5) is 5.99. The summed E-state index contributed by atoms with van der Waals surface area (Å²) in [5.74, 6) is -0.714. The molecule has 0 amide bonds. The molecule has 1 heterocycles. The van der Waals surface area contributed by atoms with Crippen molar-refractivity contribution in [3.05, 3.63) is 58.9 Å². The van der Waals surface area contributed by atoms with Crippen LogP contribution in [0.15, 0.2) is 47.5 Å². The number of hydrogen-bond acceptors (Lipinski definition) is 4. The van der Waals surface area contributed by atoms with Gasteiger partial charge in [0.1, 0.15) is 0 Å². The minimum Gasteiger partial charge on any atom is -0.505 e. The van der Waals surface area contributed by atoms with E-state index < -0.39 is 5.82 Å². The number of benzene rings is 2. The molecule has 0 aromatic heterocycles. The molecule has 1 aliphatic heterocycles. The Morgan fingerprint density at radius 3 is 2.76 bits per heavy atom. The molecular formula is C15H13ClFN3O. The maximum Gasteiger partial charge on any atom is 0.196 e. The Bertz CT molecular complexity index is 720. The molecule has 0 saturated heterocycles. The average Bonchev–Trinajstić information content (AvgIpc) is 2.84. The second-order valence-corrected chi connectivity index (χ2v) is 5.15. The van der Waals surface area contributed by atoms with E-state index in [2.05, 4.69) is 4.99 Å². The first-order valence-electron chi connectivity index (χ1n) is 6.40. The van der Waals surface area contributed by atoms with E-state index >= 15 is 0 Å². The molecule has 108 valence electrons. The van der Waals surface area contributed by atoms with Gasteiger partial charge in [0.25, 0.3) is 0 Å². The molecule has 0 bridgehead atoms. The van der Waals surface area contributed by atoms with Gasteiger partial charge in [-0.05, 0) is 29.8 Å². The summed E-state index contributed by atoms with van der Waals surface area (Å²) in [7, 11) is 0. The van der Waals surface area contributed by atoms with Crippen LogP contribution in [0.25, 0.3) is 0 Å². The molecule has 2 aromatic rings. The Balaban J connectivity index is 2.03. The van der Waals surface area contributed by atoms with Crippen LogP contribution in [0.4, 0.5) is 10.1 Å². The highest BCUT2D eigenvalue weighted by molar-refractivity contribution is 6.33. The molecule has 2 aromatic carbocycles. The van der Waals surface area contributed by atoms with Crippen molar-refractivity contribution in [2.45, 2.75) is 6.04 Å². The molecule has 6 heteroatoms. The molecule has 3 rings (SSSR count). The van der Waals surface area contributed by atoms with Crippen molar-refractivity contribution in [3.63, 3.8) is 0 Å². The molecule has 3 N–H and O–H groups in total. The number of guanidine groups is 1. The van der Waals surface area contributed by atoms with Gasteiger partial charge in [0.05, 0.1) is 23.3 Å². The highest BCUT2D eigenvalue weighted by Gasteiger charge is 2.30. The second kappa shape index (κ2) is 5.26. The molecule has 1 unspecified atom stereocenters. The van der Waals surface area contributed by atoms with Crippen LogP contribution in [-0.2, 0) is 0 Å². The smallest absolute Gasteiger partial charge is 0.196 e. The average molecular weight is 306 g/mol. The van der Waals surface area contributed by atoms with Gasteiger partial charge in [-0.1, -0.05) is 29.8 Å². The van der Waals surface area contributed by atoms with Crippen molar-refractivity contribution in [3.8, 4) is 5.75 Å². The van der Waals surface area contributed by atoms with Gasteiger partial charge in [-0.2, -0.15) is 0 Å². The third-order valence-electron chi connectivity index (χ3n) is 3.45. The summed E-state index contributed by atoms with van der Waals surface area (Å²) in [5, 5.41) is 9.85. The van der Waals surface area contributed by atoms with Crippen LogP contribution in [0.5, 0.6) is 5.75 Å². The first-order chi connectivity index (χ1) is 10.1. The topological polar surface area (TPSA) is 61.9 Å². The highest BCUT2D eigenvalue weighted by atomic mass is 35.5. The van der Waals surface area contributed by atoms with E-state index in [1.54, 1.807) is 17.0 Å². The first-order valence-corrected chi connectivity index (χ1v) is 6.78. The van der Waals surface area contributed by atoms with Crippen molar-refractivity contribution in [2.75, 3.05) is 11.4 Å². The summed E-state index contributed by atoms with van der Waals surface area (Å²) in [6.45, 7) is 0.404. The van der Waals surface area contributed by atoms with Gasteiger partial charge < -0.3 is 15.7 Å². The molecule has 21 heavy (non-hydrogen) atoms. The Kier molecular flexibility index (Phi) is 3.43. The predicted molar refractivity (Wildman–Crippen MR) is 81.2 cm³/mol. The van der Waals surface area contributed by atoms with Gasteiger partial charge in [0, 0.05) is 0 Å². The SMILES string of the molecule is NC1=NCC(c2ccc(O)c(F)c2)N1c1ccccc1Cl. The molecule has 0 spiro atoms. The molecule has 0 radical (unpaired) electrons. The van der Waals surface area contributed by atoms with E-state index in [1.165, 1.54) is 12.1 Å². The van der Waals surface area contributed by atoms with Gasteiger partial charge in [-0.15, -0.1) is 0 Å². The third kappa shape index (κ3) is 2.40. The fourth-order valence-corrected chi connectivity index (χ4v) is 2.65. The lowest BCUT2D eigenvalue weighted by Gasteiger charge is -2.27. The number of aliphatic imine (C=N–C) groups is 1. The number of aromatic hydroxyl groups is 1. The van der Waals surface area contributed by atoms with Crippen LogP contribution in [0.1, 0.15) is 11.6 Å². The van der Waals surface area contributed by atoms with Gasteiger partial charge in [0.2, 0.25) is 0 Å². The van der Waals surface area contributed by atoms with Crippen LogP contribution in [-0.4, -0.2) is 17.6 Å². The Hall–Kier alpha value is -2.27. The maximum atomic E-state index is 13.6. The molecular weight excluding hydrogens is 293 g/mol. The molecule has 1 aliphatic rings. The summed E-state index contributed by atoms with van der Waals surface area (Å²) >= 11 is 6.21. The van der Waals surface area contributed by atoms with Gasteiger partial charge in [0.15, 0.2) is 17.5 Å². The minimum atomic E-state index is -0.669. The number of halogens is 2. The number of phenolic OH excluding ortho intramolecular Hbond substituents is 1. The van der Waals surface area contributed by atoms with Crippen LogP contribution in [0, 0.1) is 5.82 Å². The van der Waals surface area contributed by atoms with Crippen molar-refractivity contribution in [2.24, 2.45) is 10.7 Å². The maximum absolute atomic E-state index is 13.6. The lowest BCUT2D eigenvalue weighted by molar-refractivity contribution is 0.431. The summed E-state index contributed by atoms with van der Waals surface area (Å²) < 4.78 is 13.6. The fourth-order valence-electron chi connectivity index (χ4n) is 2.42. The molecule has 0 aliphatic carbocycles. The summed E-state index contributed by atoms with van der Waals surface area (Å²) in [6, 6.07) is 11.3. The monoisotopic (exact) mass is 305 g/mol. The number of para-hydroxylation sites is 1. The lowest BCUT2D eigenvalue weighted by Crippen LogP contribution is -2.36. The quantitative estimate of drug-likeness (QED) is 0.896. The van der Waals surface area contributed by atoms with Gasteiger partial charge in [-0.3, -0.25) is 4.99 Å². The molecule has 0 saturated carbocycles. The molecule has 1 atom stereocenters. The zero-order chi connectivity index (χ0) is 15.0. The van der Waals surface area contributed by atoms with E-state index in [4.69, 9.17) is 17.3 Å². The largest absolute Gasteiger partial charge is 0.505 e. The predicted octanol–water partition coefficient (Wildman–Crippen LogP) is 3.06. The Labute approximate surface area is 126 Å². The number of anilines is 1. The zero-order valence-corrected chi connectivity index (χ0v) is 11.8. The molecule has 4 nitrogen and oxygen atoms in total. The van der Waals surface area contributed by atoms with E-state index in [0.717, 1.165) is 5.69 Å². The third-order valence-corrected chi connectivity index (χ3v) is 3.77. The van der Waals surface area contributed by atoms with Crippen molar-refractivity contribution in [1.82, 2.24) is 0 Å². The highest BCUT2D eigenvalue weighted by Crippen LogP contribution is 2.36. The van der Waals surface area contributed by atoms with Gasteiger partial charge >= 0.3 is 0 Å². The Morgan fingerprint density at radius 2 is 2.05 bits per heavy atom. The van der Waals surface area contributed by atoms with Crippen LogP contribution in [0.2, 0.25) is 5.02 Å². The van der Waals surface area contributed by atoms with E-state index in [0.29, 0.717) is 23.1 Å².